The minimum atomic E-state index is -0.167. The van der Waals surface area contributed by atoms with Gasteiger partial charge in [0.25, 0.3) is 0 Å². The van der Waals surface area contributed by atoms with Crippen LogP contribution in [0.1, 0.15) is 49.9 Å². The van der Waals surface area contributed by atoms with Crippen molar-refractivity contribution in [3.8, 4) is 50.9 Å². The minimum absolute atomic E-state index is 0.167. The van der Waals surface area contributed by atoms with Gasteiger partial charge in [0, 0.05) is 38.7 Å². The van der Waals surface area contributed by atoms with Crippen molar-refractivity contribution in [3.63, 3.8) is 0 Å². The normalized spacial score (nSPS) is 14.8. The highest BCUT2D eigenvalue weighted by atomic mass is 16.6. The molecule has 0 N–H and O–H groups in total. The molecular weight excluding hydrogens is 709 g/mol. The van der Waals surface area contributed by atoms with E-state index >= 15 is 0 Å². The number of para-hydroxylation sites is 3. The van der Waals surface area contributed by atoms with E-state index in [1.54, 1.807) is 0 Å². The molecule has 3 aliphatic rings. The van der Waals surface area contributed by atoms with Crippen molar-refractivity contribution in [3.05, 3.63) is 192 Å². The van der Waals surface area contributed by atoms with E-state index in [0.717, 1.165) is 39.8 Å². The maximum atomic E-state index is 7.08. The maximum absolute atomic E-state index is 7.08. The number of nitrogens with zero attached hydrogens (tertiary/aromatic N) is 2. The topological polar surface area (TPSA) is 26.6 Å². The summed E-state index contributed by atoms with van der Waals surface area (Å²) in [5.41, 5.74) is 16.4. The van der Waals surface area contributed by atoms with Crippen LogP contribution in [0.5, 0.6) is 23.0 Å². The van der Waals surface area contributed by atoms with Crippen LogP contribution in [0.2, 0.25) is 0 Å². The van der Waals surface area contributed by atoms with Crippen molar-refractivity contribution in [2.75, 3.05) is 4.90 Å². The van der Waals surface area contributed by atoms with Gasteiger partial charge in [0.1, 0.15) is 0 Å². The summed E-state index contributed by atoms with van der Waals surface area (Å²) in [6.07, 6.45) is 0. The van der Waals surface area contributed by atoms with Crippen LogP contribution in [0, 0.1) is 0 Å². The summed E-state index contributed by atoms with van der Waals surface area (Å²) in [5, 5.41) is 2.38. The molecule has 278 valence electrons. The number of hydrogen-bond donors (Lipinski definition) is 0. The summed E-state index contributed by atoms with van der Waals surface area (Å²) in [6, 6.07) is 61.3. The van der Waals surface area contributed by atoms with Crippen LogP contribution in [0.4, 0.5) is 17.1 Å². The Morgan fingerprint density at radius 1 is 0.414 bits per heavy atom. The zero-order valence-corrected chi connectivity index (χ0v) is 32.9. The van der Waals surface area contributed by atoms with Crippen molar-refractivity contribution in [2.45, 2.75) is 38.5 Å². The Labute approximate surface area is 338 Å². The molecule has 0 saturated heterocycles. The molecule has 12 rings (SSSR count). The molecule has 0 saturated carbocycles. The third-order valence-corrected chi connectivity index (χ3v) is 13.0. The van der Waals surface area contributed by atoms with Crippen molar-refractivity contribution in [1.29, 1.82) is 0 Å². The highest BCUT2D eigenvalue weighted by molar-refractivity contribution is 6.11. The van der Waals surface area contributed by atoms with E-state index in [-0.39, 0.29) is 10.8 Å². The van der Waals surface area contributed by atoms with Gasteiger partial charge in [-0.25, -0.2) is 0 Å². The lowest BCUT2D eigenvalue weighted by molar-refractivity contribution is 0.360. The summed E-state index contributed by atoms with van der Waals surface area (Å²) in [5.74, 6) is 2.84. The van der Waals surface area contributed by atoms with Gasteiger partial charge in [-0.1, -0.05) is 125 Å². The van der Waals surface area contributed by atoms with Crippen molar-refractivity contribution >= 4 is 38.9 Å². The number of rotatable bonds is 4. The van der Waals surface area contributed by atoms with Gasteiger partial charge in [-0.05, 0) is 117 Å². The van der Waals surface area contributed by atoms with Crippen LogP contribution in [0.3, 0.4) is 0 Å². The van der Waals surface area contributed by atoms with Gasteiger partial charge in [0.15, 0.2) is 23.0 Å². The first-order valence-corrected chi connectivity index (χ1v) is 20.2. The second-order valence-electron chi connectivity index (χ2n) is 16.9. The van der Waals surface area contributed by atoms with Gasteiger partial charge in [-0.15, -0.1) is 0 Å². The van der Waals surface area contributed by atoms with Crippen LogP contribution in [-0.4, -0.2) is 4.57 Å². The van der Waals surface area contributed by atoms with Gasteiger partial charge in [0.05, 0.1) is 16.7 Å². The van der Waals surface area contributed by atoms with E-state index in [1.807, 2.05) is 6.07 Å². The highest BCUT2D eigenvalue weighted by Crippen LogP contribution is 2.58. The molecule has 4 nitrogen and oxygen atoms in total. The SMILES string of the molecule is CC1(C)c2ccccc2-c2ccc(N(c3ccc4c(c3)c3ccccc3n4-c3ccccc3)c3cccc4c3Oc3cc5c(cc3O4)-c3ccccc3C5(C)C)cc21. The van der Waals surface area contributed by atoms with Crippen molar-refractivity contribution < 1.29 is 9.47 Å². The van der Waals surface area contributed by atoms with Gasteiger partial charge < -0.3 is 18.9 Å². The summed E-state index contributed by atoms with van der Waals surface area (Å²) < 4.78 is 16.3. The lowest BCUT2D eigenvalue weighted by Gasteiger charge is -2.32. The molecule has 0 bridgehead atoms. The number of benzene rings is 8. The monoisotopic (exact) mass is 748 g/mol. The molecular formula is C54H40N2O2. The zero-order valence-electron chi connectivity index (χ0n) is 32.9. The highest BCUT2D eigenvalue weighted by Gasteiger charge is 2.39. The van der Waals surface area contributed by atoms with Gasteiger partial charge in [-0.3, -0.25) is 0 Å². The average molecular weight is 749 g/mol. The number of hydrogen-bond acceptors (Lipinski definition) is 3. The van der Waals surface area contributed by atoms with Crippen LogP contribution >= 0.6 is 0 Å². The molecule has 0 unspecified atom stereocenters. The van der Waals surface area contributed by atoms with E-state index in [2.05, 4.69) is 201 Å². The Morgan fingerprint density at radius 3 is 1.81 bits per heavy atom. The fourth-order valence-electron chi connectivity index (χ4n) is 10.2. The molecule has 2 heterocycles. The smallest absolute Gasteiger partial charge is 0.194 e. The Kier molecular flexibility index (Phi) is 6.71. The maximum Gasteiger partial charge on any atom is 0.194 e. The number of fused-ring (bicyclic) bond motifs is 11. The minimum Gasteiger partial charge on any atom is -0.449 e. The Bertz CT molecular complexity index is 3190. The Hall–Kier alpha value is -7.04. The first kappa shape index (κ1) is 33.1. The summed E-state index contributed by atoms with van der Waals surface area (Å²) in [4.78, 5) is 2.35. The van der Waals surface area contributed by atoms with E-state index in [0.29, 0.717) is 11.5 Å². The van der Waals surface area contributed by atoms with Crippen LogP contribution < -0.4 is 14.4 Å². The molecule has 0 fully saturated rings. The van der Waals surface area contributed by atoms with E-state index < -0.39 is 0 Å². The van der Waals surface area contributed by atoms with Crippen molar-refractivity contribution in [2.24, 2.45) is 0 Å². The first-order valence-electron chi connectivity index (χ1n) is 20.2. The van der Waals surface area contributed by atoms with E-state index in [4.69, 9.17) is 9.47 Å². The largest absolute Gasteiger partial charge is 0.449 e. The van der Waals surface area contributed by atoms with E-state index in [9.17, 15) is 0 Å². The molecule has 1 aliphatic heterocycles. The standard InChI is InChI=1S/C54H40N2O2/c1-53(2)42-20-11-8-17-36(42)38-27-25-35(30-44(38)53)55(34-26-28-47-41(29-34)39-19-10-13-22-46(39)56(47)33-15-6-5-7-16-33)48-23-14-24-49-52(48)58-51-32-45-40(31-50(51)57-49)37-18-9-12-21-43(37)54(45,3)4/h5-32H,1-4H3. The van der Waals surface area contributed by atoms with Crippen LogP contribution in [0.25, 0.3) is 49.7 Å². The molecule has 0 atom stereocenters. The average Bonchev–Trinajstić information content (AvgIpc) is 3.79. The molecule has 1 aromatic heterocycles. The number of aromatic nitrogens is 1. The molecule has 2 aliphatic carbocycles. The fourth-order valence-corrected chi connectivity index (χ4v) is 10.2. The predicted octanol–water partition coefficient (Wildman–Crippen LogP) is 14.8. The molecule has 9 aromatic rings. The summed E-state index contributed by atoms with van der Waals surface area (Å²) in [6.45, 7) is 9.28. The third kappa shape index (κ3) is 4.51. The number of ether oxygens (including phenoxy) is 2. The Morgan fingerprint density at radius 2 is 1.02 bits per heavy atom. The summed E-state index contributed by atoms with van der Waals surface area (Å²) in [7, 11) is 0. The lowest BCUT2D eigenvalue weighted by Crippen LogP contribution is -2.17. The quantitative estimate of drug-likeness (QED) is 0.179. The van der Waals surface area contributed by atoms with Gasteiger partial charge >= 0.3 is 0 Å². The lowest BCUT2D eigenvalue weighted by atomic mass is 9.82. The summed E-state index contributed by atoms with van der Waals surface area (Å²) >= 11 is 0. The molecule has 0 amide bonds. The molecule has 4 heteroatoms. The third-order valence-electron chi connectivity index (χ3n) is 13.0. The second kappa shape index (κ2) is 11.7. The molecule has 8 aromatic carbocycles. The Balaban J connectivity index is 1.06. The first-order chi connectivity index (χ1) is 28.3. The molecule has 58 heavy (non-hydrogen) atoms. The molecule has 0 radical (unpaired) electrons. The molecule has 0 spiro atoms. The number of anilines is 3. The fraction of sp³-hybridized carbons (Fsp3) is 0.111. The van der Waals surface area contributed by atoms with Crippen molar-refractivity contribution in [1.82, 2.24) is 4.57 Å². The van der Waals surface area contributed by atoms with Gasteiger partial charge in [-0.2, -0.15) is 0 Å². The van der Waals surface area contributed by atoms with E-state index in [1.165, 1.54) is 60.8 Å². The predicted molar refractivity (Wildman–Crippen MR) is 237 cm³/mol. The second-order valence-corrected chi connectivity index (χ2v) is 16.9. The zero-order chi connectivity index (χ0) is 38.9. The van der Waals surface area contributed by atoms with Crippen LogP contribution in [-0.2, 0) is 10.8 Å². The van der Waals surface area contributed by atoms with Gasteiger partial charge in [0.2, 0.25) is 0 Å². The van der Waals surface area contributed by atoms with Crippen LogP contribution in [0.15, 0.2) is 170 Å².